The maximum Gasteiger partial charge on any atom is 0.294 e. The number of ketones is 1. The second kappa shape index (κ2) is 7.52. The molecule has 0 saturated heterocycles. The third-order valence-corrected chi connectivity index (χ3v) is 5.70. The molecule has 1 unspecified atom stereocenters. The van der Waals surface area contributed by atoms with Gasteiger partial charge in [-0.1, -0.05) is 34.1 Å². The Hall–Kier alpha value is -3.71. The van der Waals surface area contributed by atoms with Crippen LogP contribution in [0.1, 0.15) is 22.2 Å². The minimum Gasteiger partial charge on any atom is -0.503 e. The van der Waals surface area contributed by atoms with E-state index in [0.717, 1.165) is 9.86 Å². The van der Waals surface area contributed by atoms with E-state index in [1.807, 2.05) is 18.2 Å². The number of carbonyl (C=O) groups is 2. The van der Waals surface area contributed by atoms with E-state index >= 15 is 0 Å². The fourth-order valence-corrected chi connectivity index (χ4v) is 4.19. The van der Waals surface area contributed by atoms with Crippen LogP contribution in [0.2, 0.25) is 0 Å². The Balaban J connectivity index is 1.65. The van der Waals surface area contributed by atoms with Crippen molar-refractivity contribution in [1.82, 2.24) is 4.98 Å². The number of Topliss-reactive ketones (excluding diaryl/α,β-unsaturated/α-hetero) is 1. The van der Waals surface area contributed by atoms with Crippen LogP contribution in [0.3, 0.4) is 0 Å². The van der Waals surface area contributed by atoms with Gasteiger partial charge in [-0.2, -0.15) is 0 Å². The number of fused-ring (bicyclic) bond motifs is 1. The smallest absolute Gasteiger partial charge is 0.294 e. The Morgan fingerprint density at radius 2 is 1.77 bits per heavy atom. The summed E-state index contributed by atoms with van der Waals surface area (Å²) < 4.78 is 6.60. The quantitative estimate of drug-likeness (QED) is 0.401. The van der Waals surface area contributed by atoms with Crippen LogP contribution in [0.5, 0.6) is 0 Å². The molecule has 1 atom stereocenters. The van der Waals surface area contributed by atoms with Crippen molar-refractivity contribution < 1.29 is 19.1 Å². The molecular formula is C24H15BrN2O4. The van der Waals surface area contributed by atoms with Crippen LogP contribution in [0, 0.1) is 0 Å². The van der Waals surface area contributed by atoms with Gasteiger partial charge in [0.1, 0.15) is 5.58 Å². The molecule has 0 aliphatic carbocycles. The van der Waals surface area contributed by atoms with E-state index in [0.29, 0.717) is 16.8 Å². The molecule has 4 aromatic rings. The van der Waals surface area contributed by atoms with Crippen molar-refractivity contribution in [3.8, 4) is 0 Å². The first kappa shape index (κ1) is 19.3. The van der Waals surface area contributed by atoms with Crippen LogP contribution in [-0.2, 0) is 4.79 Å². The maximum absolute atomic E-state index is 13.5. The molecule has 0 fully saturated rings. The Kier molecular flexibility index (Phi) is 4.67. The molecule has 5 rings (SSSR count). The van der Waals surface area contributed by atoms with Crippen LogP contribution in [0.25, 0.3) is 11.0 Å². The van der Waals surface area contributed by atoms with Crippen molar-refractivity contribution in [2.45, 2.75) is 6.04 Å². The second-order valence-corrected chi connectivity index (χ2v) is 7.99. The minimum atomic E-state index is -0.814. The van der Waals surface area contributed by atoms with E-state index in [2.05, 4.69) is 20.9 Å². The number of anilines is 1. The summed E-state index contributed by atoms with van der Waals surface area (Å²) in [5.74, 6) is -1.72. The summed E-state index contributed by atoms with van der Waals surface area (Å²) in [5.41, 5.74) is 1.73. The van der Waals surface area contributed by atoms with Gasteiger partial charge in [-0.25, -0.2) is 0 Å². The number of pyridine rings is 1. The van der Waals surface area contributed by atoms with Crippen LogP contribution in [-0.4, -0.2) is 21.8 Å². The number of hydrogen-bond donors (Lipinski definition) is 1. The number of carbonyl (C=O) groups excluding carboxylic acids is 2. The van der Waals surface area contributed by atoms with Gasteiger partial charge >= 0.3 is 0 Å². The zero-order chi connectivity index (χ0) is 21.5. The number of aliphatic hydroxyl groups excluding tert-OH is 1. The first-order valence-electron chi connectivity index (χ1n) is 9.50. The summed E-state index contributed by atoms with van der Waals surface area (Å²) in [7, 11) is 0. The molecule has 3 heterocycles. The first-order chi connectivity index (χ1) is 15.0. The largest absolute Gasteiger partial charge is 0.503 e. The highest BCUT2D eigenvalue weighted by atomic mass is 79.9. The van der Waals surface area contributed by atoms with E-state index in [-0.39, 0.29) is 11.3 Å². The summed E-state index contributed by atoms with van der Waals surface area (Å²) in [6.45, 7) is 0. The van der Waals surface area contributed by atoms with E-state index in [4.69, 9.17) is 4.42 Å². The summed E-state index contributed by atoms with van der Waals surface area (Å²) in [6, 6.07) is 18.6. The third-order valence-electron chi connectivity index (χ3n) is 5.21. The predicted octanol–water partition coefficient (Wildman–Crippen LogP) is 5.37. The molecule has 152 valence electrons. The molecule has 2 aromatic carbocycles. The van der Waals surface area contributed by atoms with Crippen molar-refractivity contribution in [3.05, 3.63) is 106 Å². The van der Waals surface area contributed by atoms with Gasteiger partial charge in [0.25, 0.3) is 5.91 Å². The Morgan fingerprint density at radius 1 is 1.03 bits per heavy atom. The highest BCUT2D eigenvalue weighted by Crippen LogP contribution is 2.42. The van der Waals surface area contributed by atoms with Gasteiger partial charge in [0.05, 0.1) is 11.6 Å². The zero-order valence-electron chi connectivity index (χ0n) is 16.0. The number of halogens is 1. The van der Waals surface area contributed by atoms with Gasteiger partial charge in [0.15, 0.2) is 11.5 Å². The number of benzene rings is 2. The molecule has 0 saturated carbocycles. The standard InChI is InChI=1S/C24H15BrN2O4/c25-16-6-7-18-15(12-16)13-19(31-18)22(28)20-21(14-8-10-26-11-9-14)27(24(30)23(20)29)17-4-2-1-3-5-17/h1-13,21,29H. The molecule has 1 aliphatic heterocycles. The third kappa shape index (κ3) is 3.23. The summed E-state index contributed by atoms with van der Waals surface area (Å²) in [4.78, 5) is 32.0. The van der Waals surface area contributed by atoms with Crippen molar-refractivity contribution in [1.29, 1.82) is 0 Å². The highest BCUT2D eigenvalue weighted by Gasteiger charge is 2.45. The number of nitrogens with zero attached hydrogens (tertiary/aromatic N) is 2. The lowest BCUT2D eigenvalue weighted by atomic mass is 9.95. The molecule has 6 nitrogen and oxygen atoms in total. The number of aromatic nitrogens is 1. The van der Waals surface area contributed by atoms with E-state index in [1.54, 1.807) is 60.9 Å². The van der Waals surface area contributed by atoms with E-state index in [9.17, 15) is 14.7 Å². The van der Waals surface area contributed by atoms with Gasteiger partial charge in [-0.3, -0.25) is 19.5 Å². The summed E-state index contributed by atoms with van der Waals surface area (Å²) >= 11 is 3.40. The molecule has 1 aliphatic rings. The Bertz CT molecular complexity index is 1350. The molecular weight excluding hydrogens is 460 g/mol. The fourth-order valence-electron chi connectivity index (χ4n) is 3.81. The molecule has 0 radical (unpaired) electrons. The number of rotatable bonds is 4. The van der Waals surface area contributed by atoms with Gasteiger partial charge in [-0.15, -0.1) is 0 Å². The van der Waals surface area contributed by atoms with E-state index in [1.165, 1.54) is 4.90 Å². The van der Waals surface area contributed by atoms with E-state index < -0.39 is 23.5 Å². The monoisotopic (exact) mass is 474 g/mol. The number of furan rings is 1. The Labute approximate surface area is 185 Å². The van der Waals surface area contributed by atoms with Crippen LogP contribution in [0.4, 0.5) is 5.69 Å². The average Bonchev–Trinajstić information content (AvgIpc) is 3.33. The maximum atomic E-state index is 13.5. The van der Waals surface area contributed by atoms with Crippen molar-refractivity contribution in [2.24, 2.45) is 0 Å². The SMILES string of the molecule is O=C(C1=C(O)C(=O)N(c2ccccc2)C1c1ccncc1)c1cc2cc(Br)ccc2o1. The molecule has 2 aromatic heterocycles. The van der Waals surface area contributed by atoms with Crippen molar-refractivity contribution >= 4 is 44.3 Å². The van der Waals surface area contributed by atoms with Crippen LogP contribution < -0.4 is 4.90 Å². The predicted molar refractivity (Wildman–Crippen MR) is 119 cm³/mol. The van der Waals surface area contributed by atoms with Crippen LogP contribution in [0.15, 0.2) is 99.3 Å². The number of hydrogen-bond acceptors (Lipinski definition) is 5. The minimum absolute atomic E-state index is 0.0295. The fraction of sp³-hybridized carbons (Fsp3) is 0.0417. The van der Waals surface area contributed by atoms with Crippen molar-refractivity contribution in [2.75, 3.05) is 4.90 Å². The lowest BCUT2D eigenvalue weighted by molar-refractivity contribution is -0.117. The van der Waals surface area contributed by atoms with Gasteiger partial charge in [-0.05, 0) is 54.1 Å². The highest BCUT2D eigenvalue weighted by molar-refractivity contribution is 9.10. The number of aliphatic hydroxyl groups is 1. The zero-order valence-corrected chi connectivity index (χ0v) is 17.6. The number of para-hydroxylation sites is 1. The lowest BCUT2D eigenvalue weighted by Crippen LogP contribution is -2.31. The number of amides is 1. The van der Waals surface area contributed by atoms with Gasteiger partial charge in [0, 0.05) is 27.9 Å². The van der Waals surface area contributed by atoms with Crippen molar-refractivity contribution in [3.63, 3.8) is 0 Å². The first-order valence-corrected chi connectivity index (χ1v) is 10.3. The van der Waals surface area contributed by atoms with Gasteiger partial charge < -0.3 is 9.52 Å². The lowest BCUT2D eigenvalue weighted by Gasteiger charge is -2.26. The molecule has 7 heteroatoms. The molecule has 1 N–H and O–H groups in total. The summed E-state index contributed by atoms with van der Waals surface area (Å²) in [5, 5.41) is 11.5. The van der Waals surface area contributed by atoms with Gasteiger partial charge in [0.2, 0.25) is 5.78 Å². The Morgan fingerprint density at radius 3 is 2.52 bits per heavy atom. The second-order valence-electron chi connectivity index (χ2n) is 7.08. The molecule has 1 amide bonds. The molecule has 31 heavy (non-hydrogen) atoms. The molecule has 0 spiro atoms. The summed E-state index contributed by atoms with van der Waals surface area (Å²) in [6.07, 6.45) is 3.17. The topological polar surface area (TPSA) is 83.6 Å². The normalized spacial score (nSPS) is 16.4. The van der Waals surface area contributed by atoms with Crippen LogP contribution >= 0.6 is 15.9 Å². The molecule has 0 bridgehead atoms. The average molecular weight is 475 g/mol.